The van der Waals surface area contributed by atoms with Crippen molar-refractivity contribution in [1.82, 2.24) is 0 Å². The molecule has 0 N–H and O–H groups in total. The van der Waals surface area contributed by atoms with Crippen LogP contribution < -0.4 is 4.90 Å². The Hall–Kier alpha value is -1.88. The Bertz CT molecular complexity index is 570. The Labute approximate surface area is 121 Å². The highest BCUT2D eigenvalue weighted by molar-refractivity contribution is 6.52. The molecule has 20 heavy (non-hydrogen) atoms. The van der Waals surface area contributed by atoms with Crippen molar-refractivity contribution < 1.29 is 19.1 Å². The lowest BCUT2D eigenvalue weighted by Gasteiger charge is -2.15. The number of hydrogen-bond acceptors (Lipinski definition) is 4. The molecule has 2 rings (SSSR count). The van der Waals surface area contributed by atoms with Crippen molar-refractivity contribution in [2.75, 3.05) is 18.1 Å². The van der Waals surface area contributed by atoms with Crippen LogP contribution in [0.4, 0.5) is 5.69 Å². The molecule has 0 atom stereocenters. The van der Waals surface area contributed by atoms with Gasteiger partial charge in [-0.25, -0.2) is 0 Å². The van der Waals surface area contributed by atoms with Crippen LogP contribution in [-0.4, -0.2) is 30.8 Å². The molecule has 1 aliphatic rings. The van der Waals surface area contributed by atoms with Crippen LogP contribution in [0.3, 0.4) is 0 Å². The summed E-state index contributed by atoms with van der Waals surface area (Å²) in [6.45, 7) is 2.02. The molecular formula is C14H14ClNO4. The summed E-state index contributed by atoms with van der Waals surface area (Å²) in [5.41, 5.74) is 0.626. The van der Waals surface area contributed by atoms with Crippen LogP contribution in [0.15, 0.2) is 18.2 Å². The molecule has 5 nitrogen and oxygen atoms in total. The van der Waals surface area contributed by atoms with Crippen molar-refractivity contribution in [3.8, 4) is 0 Å². The molecule has 0 spiro atoms. The highest BCUT2D eigenvalue weighted by atomic mass is 35.5. The summed E-state index contributed by atoms with van der Waals surface area (Å²) in [5.74, 6) is -1.89. The van der Waals surface area contributed by atoms with Crippen molar-refractivity contribution in [2.24, 2.45) is 0 Å². The Balaban J connectivity index is 2.13. The van der Waals surface area contributed by atoms with Gasteiger partial charge in [0.15, 0.2) is 0 Å². The molecule has 1 heterocycles. The van der Waals surface area contributed by atoms with E-state index in [0.29, 0.717) is 17.3 Å². The van der Waals surface area contributed by atoms with Gasteiger partial charge in [0.2, 0.25) is 0 Å². The minimum absolute atomic E-state index is 0.265. The normalized spacial score (nSPS) is 13.6. The fraction of sp³-hybridized carbons (Fsp3) is 0.357. The molecule has 1 aromatic carbocycles. The highest BCUT2D eigenvalue weighted by Gasteiger charge is 2.37. The van der Waals surface area contributed by atoms with Crippen LogP contribution >= 0.6 is 11.6 Å². The van der Waals surface area contributed by atoms with Gasteiger partial charge >= 0.3 is 5.97 Å². The number of unbranched alkanes of at least 4 members (excludes halogenated alkanes) is 1. The quantitative estimate of drug-likeness (QED) is 0.475. The minimum Gasteiger partial charge on any atom is -0.464 e. The lowest BCUT2D eigenvalue weighted by atomic mass is 10.1. The predicted octanol–water partition coefficient (Wildman–Crippen LogP) is 2.21. The van der Waals surface area contributed by atoms with E-state index in [2.05, 4.69) is 0 Å². The van der Waals surface area contributed by atoms with E-state index in [1.807, 2.05) is 6.92 Å². The number of benzene rings is 1. The summed E-state index contributed by atoms with van der Waals surface area (Å²) in [5, 5.41) is 0.399. The zero-order valence-corrected chi connectivity index (χ0v) is 11.8. The van der Waals surface area contributed by atoms with Gasteiger partial charge in [0, 0.05) is 5.02 Å². The Morgan fingerprint density at radius 1 is 1.35 bits per heavy atom. The van der Waals surface area contributed by atoms with E-state index in [1.54, 1.807) is 0 Å². The molecule has 0 saturated heterocycles. The summed E-state index contributed by atoms with van der Waals surface area (Å²) in [4.78, 5) is 36.4. The van der Waals surface area contributed by atoms with E-state index in [4.69, 9.17) is 16.3 Å². The first-order chi connectivity index (χ1) is 9.54. The second-order valence-corrected chi connectivity index (χ2v) is 4.89. The largest absolute Gasteiger partial charge is 0.464 e. The van der Waals surface area contributed by atoms with Gasteiger partial charge < -0.3 is 4.74 Å². The van der Waals surface area contributed by atoms with Crippen molar-refractivity contribution in [1.29, 1.82) is 0 Å². The Morgan fingerprint density at radius 2 is 2.10 bits per heavy atom. The number of Topliss-reactive ketones (excluding diaryl/α,β-unsaturated/α-hetero) is 1. The number of amides is 1. The summed E-state index contributed by atoms with van der Waals surface area (Å²) < 4.78 is 5.00. The third-order valence-electron chi connectivity index (χ3n) is 2.98. The molecule has 0 aliphatic carbocycles. The third kappa shape index (κ3) is 2.82. The first-order valence-electron chi connectivity index (χ1n) is 6.36. The van der Waals surface area contributed by atoms with E-state index in [-0.39, 0.29) is 12.1 Å². The average Bonchev–Trinajstić information content (AvgIpc) is 2.64. The summed E-state index contributed by atoms with van der Waals surface area (Å²) >= 11 is 5.86. The smallest absolute Gasteiger partial charge is 0.326 e. The van der Waals surface area contributed by atoms with E-state index in [0.717, 1.165) is 17.7 Å². The van der Waals surface area contributed by atoms with E-state index in [1.165, 1.54) is 18.2 Å². The zero-order valence-electron chi connectivity index (χ0n) is 11.0. The molecule has 0 radical (unpaired) electrons. The van der Waals surface area contributed by atoms with Crippen LogP contribution in [0.1, 0.15) is 30.1 Å². The maximum Gasteiger partial charge on any atom is 0.326 e. The fourth-order valence-corrected chi connectivity index (χ4v) is 2.10. The molecule has 1 aliphatic heterocycles. The second-order valence-electron chi connectivity index (χ2n) is 4.46. The lowest BCUT2D eigenvalue weighted by molar-refractivity contribution is -0.142. The van der Waals surface area contributed by atoms with Gasteiger partial charge in [-0.05, 0) is 24.6 Å². The molecule has 6 heteroatoms. The number of nitrogens with zero attached hydrogens (tertiary/aromatic N) is 1. The standard InChI is InChI=1S/C14H14ClNO4/c1-2-3-6-20-12(17)8-16-11-7-9(15)4-5-10(11)13(18)14(16)19/h4-5,7H,2-3,6,8H2,1H3. The number of fused-ring (bicyclic) bond motifs is 1. The minimum atomic E-state index is -0.727. The fourth-order valence-electron chi connectivity index (χ4n) is 1.93. The number of ether oxygens (including phenoxy) is 1. The highest BCUT2D eigenvalue weighted by Crippen LogP contribution is 2.31. The van der Waals surface area contributed by atoms with Gasteiger partial charge in [-0.3, -0.25) is 19.3 Å². The van der Waals surface area contributed by atoms with Crippen LogP contribution in [0.2, 0.25) is 5.02 Å². The molecule has 0 fully saturated rings. The van der Waals surface area contributed by atoms with Crippen LogP contribution in [-0.2, 0) is 14.3 Å². The molecule has 106 valence electrons. The zero-order chi connectivity index (χ0) is 14.7. The van der Waals surface area contributed by atoms with Gasteiger partial charge in [0.1, 0.15) is 6.54 Å². The number of carbonyl (C=O) groups excluding carboxylic acids is 3. The average molecular weight is 296 g/mol. The van der Waals surface area contributed by atoms with E-state index < -0.39 is 17.7 Å². The van der Waals surface area contributed by atoms with Crippen molar-refractivity contribution in [2.45, 2.75) is 19.8 Å². The molecule has 0 aromatic heterocycles. The van der Waals surface area contributed by atoms with E-state index in [9.17, 15) is 14.4 Å². The summed E-state index contributed by atoms with van der Waals surface area (Å²) in [6.07, 6.45) is 1.67. The second kappa shape index (κ2) is 6.05. The molecule has 0 saturated carbocycles. The molecule has 0 bridgehead atoms. The monoisotopic (exact) mass is 295 g/mol. The van der Waals surface area contributed by atoms with Crippen LogP contribution in [0.25, 0.3) is 0 Å². The summed E-state index contributed by atoms with van der Waals surface area (Å²) in [6, 6.07) is 4.52. The van der Waals surface area contributed by atoms with Gasteiger partial charge in [0.25, 0.3) is 11.7 Å². The number of rotatable bonds is 5. The number of hydrogen-bond donors (Lipinski definition) is 0. The number of esters is 1. The maximum absolute atomic E-state index is 11.9. The maximum atomic E-state index is 11.9. The third-order valence-corrected chi connectivity index (χ3v) is 3.22. The van der Waals surface area contributed by atoms with Crippen molar-refractivity contribution in [3.05, 3.63) is 28.8 Å². The SMILES string of the molecule is CCCCOC(=O)CN1C(=O)C(=O)c2ccc(Cl)cc21. The molecule has 0 unspecified atom stereocenters. The Kier molecular flexibility index (Phi) is 4.39. The molecule has 1 amide bonds. The van der Waals surface area contributed by atoms with Gasteiger partial charge in [-0.2, -0.15) is 0 Å². The van der Waals surface area contributed by atoms with Gasteiger partial charge in [-0.15, -0.1) is 0 Å². The van der Waals surface area contributed by atoms with Crippen LogP contribution in [0.5, 0.6) is 0 Å². The lowest BCUT2D eigenvalue weighted by Crippen LogP contribution is -2.35. The predicted molar refractivity (Wildman–Crippen MR) is 74.0 cm³/mol. The number of halogens is 1. The first-order valence-corrected chi connectivity index (χ1v) is 6.73. The van der Waals surface area contributed by atoms with Crippen molar-refractivity contribution >= 4 is 34.9 Å². The molecule has 1 aromatic rings. The van der Waals surface area contributed by atoms with Gasteiger partial charge in [-0.1, -0.05) is 24.9 Å². The van der Waals surface area contributed by atoms with Crippen LogP contribution in [0, 0.1) is 0 Å². The summed E-state index contributed by atoms with van der Waals surface area (Å²) in [7, 11) is 0. The van der Waals surface area contributed by atoms with E-state index >= 15 is 0 Å². The number of carbonyl (C=O) groups is 3. The first kappa shape index (κ1) is 14.5. The number of anilines is 1. The molecular weight excluding hydrogens is 282 g/mol. The topological polar surface area (TPSA) is 63.7 Å². The Morgan fingerprint density at radius 3 is 2.80 bits per heavy atom. The van der Waals surface area contributed by atoms with Crippen molar-refractivity contribution in [3.63, 3.8) is 0 Å². The number of ketones is 1. The van der Waals surface area contributed by atoms with Gasteiger partial charge in [0.05, 0.1) is 17.9 Å².